The van der Waals surface area contributed by atoms with E-state index in [-0.39, 0.29) is 18.5 Å². The molecule has 100 heavy (non-hydrogen) atoms. The molecule has 6 N–H and O–H groups in total. The lowest BCUT2D eigenvalue weighted by Gasteiger charge is -2.40. The molecule has 0 saturated carbocycles. The van der Waals surface area contributed by atoms with Gasteiger partial charge in [0.2, 0.25) is 5.91 Å². The lowest BCUT2D eigenvalue weighted by Crippen LogP contribution is -2.60. The Bertz CT molecular complexity index is 1710. The average Bonchev–Trinajstić information content (AvgIpc) is 0.822. The second kappa shape index (κ2) is 78.2. The summed E-state index contributed by atoms with van der Waals surface area (Å²) in [6.07, 6.45) is 92.5. The van der Waals surface area contributed by atoms with E-state index in [0.717, 1.165) is 51.4 Å². The molecule has 7 unspecified atom stereocenters. The minimum atomic E-state index is -1.57. The number of rotatable bonds is 81. The maximum Gasteiger partial charge on any atom is 0.305 e. The molecule has 1 heterocycles. The minimum absolute atomic E-state index is 0.0192. The number of allylic oxidation sites excluding steroid dienone is 3. The van der Waals surface area contributed by atoms with E-state index in [1.54, 1.807) is 6.08 Å². The number of amides is 1. The van der Waals surface area contributed by atoms with E-state index in [4.69, 9.17) is 14.2 Å². The largest absolute Gasteiger partial charge is 0.466 e. The third kappa shape index (κ3) is 65.6. The summed E-state index contributed by atoms with van der Waals surface area (Å²) in [5.41, 5.74) is 0. The van der Waals surface area contributed by atoms with Gasteiger partial charge in [0.05, 0.1) is 32.0 Å². The molecule has 0 bridgehead atoms. The van der Waals surface area contributed by atoms with Crippen molar-refractivity contribution >= 4 is 11.9 Å². The van der Waals surface area contributed by atoms with Gasteiger partial charge >= 0.3 is 5.97 Å². The molecule has 0 aliphatic carbocycles. The number of aliphatic hydroxyl groups is 5. The molecule has 7 atom stereocenters. The molecule has 1 saturated heterocycles. The van der Waals surface area contributed by atoms with Crippen molar-refractivity contribution in [2.75, 3.05) is 19.8 Å². The zero-order valence-corrected chi connectivity index (χ0v) is 66.5. The van der Waals surface area contributed by atoms with E-state index >= 15 is 0 Å². The molecule has 0 aromatic heterocycles. The molecule has 1 fully saturated rings. The smallest absolute Gasteiger partial charge is 0.305 e. The predicted octanol–water partition coefficient (Wildman–Crippen LogP) is 25.0. The number of hydrogen-bond donors (Lipinski definition) is 6. The third-order valence-corrected chi connectivity index (χ3v) is 21.6. The van der Waals surface area contributed by atoms with E-state index in [2.05, 4.69) is 31.3 Å². The highest BCUT2D eigenvalue weighted by Gasteiger charge is 2.44. The summed E-state index contributed by atoms with van der Waals surface area (Å²) in [7, 11) is 0. The highest BCUT2D eigenvalue weighted by atomic mass is 16.7. The van der Waals surface area contributed by atoms with Crippen LogP contribution in [-0.4, -0.2) is 100 Å². The van der Waals surface area contributed by atoms with Crippen LogP contribution < -0.4 is 5.32 Å². The number of esters is 1. The fraction of sp³-hybridized carbons (Fsp3) is 0.933. The van der Waals surface area contributed by atoms with Crippen molar-refractivity contribution in [1.82, 2.24) is 5.32 Å². The lowest BCUT2D eigenvalue weighted by molar-refractivity contribution is -0.302. The summed E-state index contributed by atoms with van der Waals surface area (Å²) < 4.78 is 16.8. The Morgan fingerprint density at radius 2 is 0.640 bits per heavy atom. The summed E-state index contributed by atoms with van der Waals surface area (Å²) in [5.74, 6) is -0.153. The van der Waals surface area contributed by atoms with Crippen LogP contribution in [0.4, 0.5) is 0 Å². The summed E-state index contributed by atoms with van der Waals surface area (Å²) in [6, 6.07) is -0.805. The number of nitrogens with one attached hydrogen (secondary N) is 1. The van der Waals surface area contributed by atoms with E-state index in [1.807, 2.05) is 6.08 Å². The lowest BCUT2D eigenvalue weighted by atomic mass is 9.99. The molecule has 11 nitrogen and oxygen atoms in total. The van der Waals surface area contributed by atoms with Crippen molar-refractivity contribution in [2.45, 2.75) is 513 Å². The molecule has 0 aromatic carbocycles. The molecule has 11 heteroatoms. The first-order valence-corrected chi connectivity index (χ1v) is 44.6. The van der Waals surface area contributed by atoms with Crippen LogP contribution in [0.1, 0.15) is 470 Å². The van der Waals surface area contributed by atoms with Gasteiger partial charge in [0.25, 0.3) is 0 Å². The van der Waals surface area contributed by atoms with Crippen LogP contribution in [0.2, 0.25) is 0 Å². The van der Waals surface area contributed by atoms with Crippen LogP contribution in [0.3, 0.4) is 0 Å². The fourth-order valence-corrected chi connectivity index (χ4v) is 14.6. The highest BCUT2D eigenvalue weighted by molar-refractivity contribution is 5.76. The molecule has 1 aliphatic heterocycles. The number of ether oxygens (including phenoxy) is 3. The maximum absolute atomic E-state index is 13.1. The number of hydrogen-bond acceptors (Lipinski definition) is 10. The van der Waals surface area contributed by atoms with Gasteiger partial charge in [0.15, 0.2) is 6.29 Å². The monoisotopic (exact) mass is 1410 g/mol. The number of unbranched alkanes of at least 4 members (excludes halogenated alkanes) is 65. The topological polar surface area (TPSA) is 175 Å². The van der Waals surface area contributed by atoms with Gasteiger partial charge in [-0.2, -0.15) is 0 Å². The number of carbonyl (C=O) groups excluding carboxylic acids is 2. The van der Waals surface area contributed by atoms with Crippen LogP contribution in [0.5, 0.6) is 0 Å². The average molecular weight is 1420 g/mol. The Kier molecular flexibility index (Phi) is 75.2. The van der Waals surface area contributed by atoms with E-state index in [9.17, 15) is 35.1 Å². The van der Waals surface area contributed by atoms with Crippen molar-refractivity contribution in [3.05, 3.63) is 24.3 Å². The number of carbonyl (C=O) groups is 2. The number of aliphatic hydroxyl groups excluding tert-OH is 5. The summed E-state index contributed by atoms with van der Waals surface area (Å²) in [6.45, 7) is 4.41. The van der Waals surface area contributed by atoms with Gasteiger partial charge in [0.1, 0.15) is 24.4 Å². The van der Waals surface area contributed by atoms with Crippen molar-refractivity contribution in [1.29, 1.82) is 0 Å². The summed E-state index contributed by atoms with van der Waals surface area (Å²) in [5, 5.41) is 54.7. The van der Waals surface area contributed by atoms with Gasteiger partial charge in [0, 0.05) is 12.8 Å². The standard InChI is InChI=1S/C89H171NO10/c1-3-5-7-9-11-13-15-17-19-20-42-46-49-53-57-61-65-69-73-77-85(94)98-78-74-70-66-62-58-54-50-47-44-41-39-37-35-33-31-29-27-25-23-21-22-24-26-28-30-32-34-36-38-40-43-45-48-52-56-60-64-68-72-76-84(93)90-81(80-99-89-88(97)87(96)86(95)83(79-91)100-89)82(92)75-71-67-63-59-55-51-18-16-14-12-10-8-6-4-2/h17,19,71,75,81-83,86-89,91-92,95-97H,3-16,18,20-70,72-74,76-80H2,1-2H3,(H,90,93)/b19-17-,75-71+. The van der Waals surface area contributed by atoms with E-state index in [1.165, 1.54) is 392 Å². The van der Waals surface area contributed by atoms with Gasteiger partial charge in [-0.25, -0.2) is 0 Å². The Labute approximate surface area is 620 Å². The van der Waals surface area contributed by atoms with Gasteiger partial charge in [-0.15, -0.1) is 0 Å². The highest BCUT2D eigenvalue weighted by Crippen LogP contribution is 2.24. The molecular weight excluding hydrogens is 1240 g/mol. The molecule has 0 radical (unpaired) electrons. The Balaban J connectivity index is 1.85. The summed E-state index contributed by atoms with van der Waals surface area (Å²) >= 11 is 0. The zero-order valence-electron chi connectivity index (χ0n) is 66.5. The Hall–Kier alpha value is -1.86. The second-order valence-corrected chi connectivity index (χ2v) is 31.3. The maximum atomic E-state index is 13.1. The first kappa shape index (κ1) is 96.2. The first-order chi connectivity index (χ1) is 49.2. The molecular formula is C89H171NO10. The van der Waals surface area contributed by atoms with Crippen LogP contribution in [0.15, 0.2) is 24.3 Å². The molecule has 592 valence electrons. The van der Waals surface area contributed by atoms with Gasteiger partial charge in [-0.3, -0.25) is 9.59 Å². The summed E-state index contributed by atoms with van der Waals surface area (Å²) in [4.78, 5) is 25.3. The molecule has 1 amide bonds. The van der Waals surface area contributed by atoms with Crippen LogP contribution in [0, 0.1) is 0 Å². The first-order valence-electron chi connectivity index (χ1n) is 44.6. The minimum Gasteiger partial charge on any atom is -0.466 e. The third-order valence-electron chi connectivity index (χ3n) is 21.6. The van der Waals surface area contributed by atoms with Crippen molar-refractivity contribution in [3.8, 4) is 0 Å². The predicted molar refractivity (Wildman–Crippen MR) is 426 cm³/mol. The Morgan fingerprint density at radius 1 is 0.360 bits per heavy atom. The van der Waals surface area contributed by atoms with Crippen molar-refractivity contribution in [3.63, 3.8) is 0 Å². The van der Waals surface area contributed by atoms with Crippen LogP contribution >= 0.6 is 0 Å². The van der Waals surface area contributed by atoms with Gasteiger partial charge in [-0.05, 0) is 57.8 Å². The molecule has 0 aromatic rings. The van der Waals surface area contributed by atoms with Crippen LogP contribution in [0.25, 0.3) is 0 Å². The van der Waals surface area contributed by atoms with Crippen molar-refractivity contribution in [2.24, 2.45) is 0 Å². The molecule has 1 aliphatic rings. The van der Waals surface area contributed by atoms with Gasteiger partial charge in [-0.1, -0.05) is 423 Å². The van der Waals surface area contributed by atoms with Crippen LogP contribution in [-0.2, 0) is 23.8 Å². The molecule has 1 rings (SSSR count). The van der Waals surface area contributed by atoms with Gasteiger partial charge < -0.3 is 45.1 Å². The fourth-order valence-electron chi connectivity index (χ4n) is 14.6. The quantitative estimate of drug-likeness (QED) is 0.0195. The van der Waals surface area contributed by atoms with E-state index in [0.29, 0.717) is 19.4 Å². The Morgan fingerprint density at radius 3 is 0.960 bits per heavy atom. The second-order valence-electron chi connectivity index (χ2n) is 31.3. The molecule has 0 spiro atoms. The SMILES string of the molecule is CCCCCCCC/C=C\CCCCCCCCCCCC(=O)OCCCCCCCCCCCCCCCCCCCCCCCCCCCCCCCCCCCCCCCCCC(=O)NC(COC1OC(CO)C(O)C(O)C1O)C(O)/C=C/CCCCCCCCCCCCCC. The van der Waals surface area contributed by atoms with Crippen molar-refractivity contribution < 1.29 is 49.3 Å². The zero-order chi connectivity index (χ0) is 72.2. The normalized spacial score (nSPS) is 17.1. The van der Waals surface area contributed by atoms with E-state index < -0.39 is 49.5 Å².